The number of hydrogen-bond donors (Lipinski definition) is 1. The predicted molar refractivity (Wildman–Crippen MR) is 68.7 cm³/mol. The summed E-state index contributed by atoms with van der Waals surface area (Å²) >= 11 is 11.4. The lowest BCUT2D eigenvalue weighted by molar-refractivity contribution is 0.0697. The molecule has 1 N–H and O–H groups in total. The number of aromatic carboxylic acids is 1. The zero-order chi connectivity index (χ0) is 12.4. The Morgan fingerprint density at radius 3 is 2.82 bits per heavy atom. The lowest BCUT2D eigenvalue weighted by atomic mass is 10.2. The van der Waals surface area contributed by atoms with Gasteiger partial charge in [-0.3, -0.25) is 0 Å². The molecule has 0 aliphatic carbocycles. The molecule has 0 saturated carbocycles. The van der Waals surface area contributed by atoms with E-state index in [1.54, 1.807) is 18.2 Å². The highest BCUT2D eigenvalue weighted by Crippen LogP contribution is 2.20. The molecule has 0 saturated heterocycles. The molecule has 0 atom stereocenters. The smallest absolute Gasteiger partial charge is 0.335 e. The molecule has 1 aromatic carbocycles. The van der Waals surface area contributed by atoms with Crippen LogP contribution in [0.4, 0.5) is 0 Å². The summed E-state index contributed by atoms with van der Waals surface area (Å²) in [5.41, 5.74) is 2.37. The maximum absolute atomic E-state index is 10.9. The second-order valence-electron chi connectivity index (χ2n) is 3.58. The normalized spacial score (nSPS) is 12.0. The van der Waals surface area contributed by atoms with Crippen molar-refractivity contribution in [3.63, 3.8) is 0 Å². The summed E-state index contributed by atoms with van der Waals surface area (Å²) < 4.78 is 1.85. The van der Waals surface area contributed by atoms with Gasteiger partial charge in [-0.15, -0.1) is 0 Å². The molecule has 0 unspecified atom stereocenters. The van der Waals surface area contributed by atoms with E-state index in [9.17, 15) is 4.79 Å². The summed E-state index contributed by atoms with van der Waals surface area (Å²) in [4.78, 5) is 10.9. The minimum atomic E-state index is -0.946. The number of fused-ring (bicyclic) bond motifs is 1. The van der Waals surface area contributed by atoms with Gasteiger partial charge in [-0.2, -0.15) is 0 Å². The van der Waals surface area contributed by atoms with Crippen molar-refractivity contribution in [1.29, 1.82) is 0 Å². The second-order valence-corrected chi connectivity index (χ2v) is 4.28. The van der Waals surface area contributed by atoms with Gasteiger partial charge in [-0.05, 0) is 23.6 Å². The maximum atomic E-state index is 10.9. The van der Waals surface area contributed by atoms with Crippen molar-refractivity contribution >= 4 is 40.1 Å². The van der Waals surface area contributed by atoms with Gasteiger partial charge in [-0.1, -0.05) is 29.3 Å². The van der Waals surface area contributed by atoms with Crippen molar-refractivity contribution < 1.29 is 9.90 Å². The highest BCUT2D eigenvalue weighted by molar-refractivity contribution is 6.36. The third kappa shape index (κ3) is 2.46. The fourth-order valence-corrected chi connectivity index (χ4v) is 1.85. The van der Waals surface area contributed by atoms with Crippen LogP contribution >= 0.6 is 23.2 Å². The monoisotopic (exact) mass is 269 g/mol. The molecule has 5 heteroatoms. The van der Waals surface area contributed by atoms with E-state index < -0.39 is 5.97 Å². The Balaban J connectivity index is 2.50. The Morgan fingerprint density at radius 1 is 1.41 bits per heavy atom. The molecular weight excluding hydrogens is 261 g/mol. The van der Waals surface area contributed by atoms with Gasteiger partial charge >= 0.3 is 5.97 Å². The van der Waals surface area contributed by atoms with Crippen molar-refractivity contribution in [2.75, 3.05) is 0 Å². The number of rotatable bonds is 3. The van der Waals surface area contributed by atoms with Gasteiger partial charge < -0.3 is 9.67 Å². The molecule has 0 fully saturated rings. The number of hydrogen-bond acceptors (Lipinski definition) is 1. The summed E-state index contributed by atoms with van der Waals surface area (Å²) in [6.45, 7) is 0.428. The summed E-state index contributed by atoms with van der Waals surface area (Å²) in [6, 6.07) is 6.87. The molecule has 0 radical (unpaired) electrons. The van der Waals surface area contributed by atoms with Crippen LogP contribution in [0.5, 0.6) is 0 Å². The highest BCUT2D eigenvalue weighted by atomic mass is 35.5. The highest BCUT2D eigenvalue weighted by Gasteiger charge is 2.07. The number of halogens is 2. The fourth-order valence-electron chi connectivity index (χ4n) is 1.65. The lowest BCUT2D eigenvalue weighted by Crippen LogP contribution is -1.99. The van der Waals surface area contributed by atoms with Crippen LogP contribution in [0.3, 0.4) is 0 Å². The van der Waals surface area contributed by atoms with E-state index >= 15 is 0 Å². The van der Waals surface area contributed by atoms with E-state index in [0.29, 0.717) is 11.6 Å². The zero-order valence-corrected chi connectivity index (χ0v) is 10.2. The molecule has 0 bridgehead atoms. The summed E-state index contributed by atoms with van der Waals surface area (Å²) in [5.74, 6) is -0.946. The van der Waals surface area contributed by atoms with Crippen molar-refractivity contribution in [3.05, 3.63) is 46.6 Å². The molecule has 17 heavy (non-hydrogen) atoms. The first-order chi connectivity index (χ1) is 8.11. The number of benzene rings is 1. The number of nitrogens with zero attached hydrogens (tertiary/aromatic N) is 1. The molecule has 0 amide bonds. The standard InChI is InChI=1S/C12H9Cl2NO2/c13-6-10(14)7-15-4-3-8-1-2-9(12(16)17)5-11(8)15/h1-6H,7H2,(H,16,17). The number of aromatic nitrogens is 1. The Hall–Kier alpha value is -1.45. The van der Waals surface area contributed by atoms with Gasteiger partial charge in [0.15, 0.2) is 0 Å². The molecule has 0 aliphatic rings. The van der Waals surface area contributed by atoms with Crippen LogP contribution in [0, 0.1) is 0 Å². The van der Waals surface area contributed by atoms with Crippen molar-refractivity contribution in [2.24, 2.45) is 0 Å². The molecule has 1 aromatic heterocycles. The second kappa shape index (κ2) is 4.82. The Bertz CT molecular complexity index is 602. The van der Waals surface area contributed by atoms with Crippen LogP contribution in [0.2, 0.25) is 0 Å². The predicted octanol–water partition coefficient (Wildman–Crippen LogP) is 3.66. The van der Waals surface area contributed by atoms with E-state index in [0.717, 1.165) is 10.9 Å². The first-order valence-corrected chi connectivity index (χ1v) is 5.70. The number of carboxylic acids is 1. The van der Waals surface area contributed by atoms with Crippen LogP contribution in [0.15, 0.2) is 41.0 Å². The van der Waals surface area contributed by atoms with Crippen LogP contribution in [-0.2, 0) is 6.54 Å². The molecule has 88 valence electrons. The summed E-state index contributed by atoms with van der Waals surface area (Å²) in [5, 5.41) is 10.4. The molecule has 1 heterocycles. The first-order valence-electron chi connectivity index (χ1n) is 4.89. The van der Waals surface area contributed by atoms with Gasteiger partial charge in [0.2, 0.25) is 0 Å². The summed E-state index contributed by atoms with van der Waals surface area (Å²) in [6.07, 6.45) is 1.85. The van der Waals surface area contributed by atoms with Crippen LogP contribution in [0.1, 0.15) is 10.4 Å². The molecule has 0 aliphatic heterocycles. The third-order valence-corrected chi connectivity index (χ3v) is 3.06. The third-order valence-electron chi connectivity index (χ3n) is 2.46. The number of carbonyl (C=O) groups is 1. The SMILES string of the molecule is O=C(O)c1ccc2ccn(CC(Cl)=CCl)c2c1. The molecule has 2 rings (SSSR count). The average molecular weight is 270 g/mol. The van der Waals surface area contributed by atoms with E-state index in [2.05, 4.69) is 0 Å². The van der Waals surface area contributed by atoms with E-state index in [1.165, 1.54) is 5.54 Å². The molecule has 2 aromatic rings. The Labute approximate surface area is 108 Å². The fraction of sp³-hybridized carbons (Fsp3) is 0.0833. The topological polar surface area (TPSA) is 42.2 Å². The van der Waals surface area contributed by atoms with Crippen LogP contribution < -0.4 is 0 Å². The lowest BCUT2D eigenvalue weighted by Gasteiger charge is -2.04. The quantitative estimate of drug-likeness (QED) is 0.924. The first kappa shape index (κ1) is 12.0. The average Bonchev–Trinajstić information content (AvgIpc) is 2.71. The van der Waals surface area contributed by atoms with Gasteiger partial charge in [0.1, 0.15) is 0 Å². The van der Waals surface area contributed by atoms with Crippen molar-refractivity contribution in [2.45, 2.75) is 6.54 Å². The largest absolute Gasteiger partial charge is 0.478 e. The van der Waals surface area contributed by atoms with E-state index in [-0.39, 0.29) is 5.56 Å². The van der Waals surface area contributed by atoms with E-state index in [1.807, 2.05) is 16.8 Å². The van der Waals surface area contributed by atoms with Crippen LogP contribution in [0.25, 0.3) is 10.9 Å². The maximum Gasteiger partial charge on any atom is 0.335 e. The van der Waals surface area contributed by atoms with Gasteiger partial charge in [0, 0.05) is 22.3 Å². The Morgan fingerprint density at radius 2 is 2.18 bits per heavy atom. The Kier molecular flexibility index (Phi) is 3.41. The number of carboxylic acid groups (broad SMARTS) is 1. The molecular formula is C12H9Cl2NO2. The summed E-state index contributed by atoms with van der Waals surface area (Å²) in [7, 11) is 0. The van der Waals surface area contributed by atoms with Crippen LogP contribution in [-0.4, -0.2) is 15.6 Å². The van der Waals surface area contributed by atoms with E-state index in [4.69, 9.17) is 28.3 Å². The zero-order valence-electron chi connectivity index (χ0n) is 8.73. The molecule has 0 spiro atoms. The minimum Gasteiger partial charge on any atom is -0.478 e. The van der Waals surface area contributed by atoms with Crippen molar-refractivity contribution in [1.82, 2.24) is 4.57 Å². The molecule has 3 nitrogen and oxygen atoms in total. The number of allylic oxidation sites excluding steroid dienone is 1. The van der Waals surface area contributed by atoms with Gasteiger partial charge in [-0.25, -0.2) is 4.79 Å². The van der Waals surface area contributed by atoms with Gasteiger partial charge in [0.05, 0.1) is 12.1 Å². The van der Waals surface area contributed by atoms with Gasteiger partial charge in [0.25, 0.3) is 0 Å². The van der Waals surface area contributed by atoms with Crippen molar-refractivity contribution in [3.8, 4) is 0 Å². The minimum absolute atomic E-state index is 0.253.